The maximum atomic E-state index is 12.8. The van der Waals surface area contributed by atoms with Crippen molar-refractivity contribution in [1.82, 2.24) is 10.1 Å². The second-order valence-electron chi connectivity index (χ2n) is 5.34. The van der Waals surface area contributed by atoms with Gasteiger partial charge in [0.25, 0.3) is 11.6 Å². The normalized spacial score (nSPS) is 10.5. The van der Waals surface area contributed by atoms with Crippen LogP contribution in [0.1, 0.15) is 22.1 Å². The molecule has 0 saturated carbocycles. The third-order valence-corrected chi connectivity index (χ3v) is 3.63. The van der Waals surface area contributed by atoms with Crippen LogP contribution in [0.15, 0.2) is 47.0 Å². The highest BCUT2D eigenvalue weighted by Crippen LogP contribution is 2.24. The Hall–Kier alpha value is -3.53. The molecular formula is C17H11ClFN3O6. The van der Waals surface area contributed by atoms with Gasteiger partial charge in [0.2, 0.25) is 5.82 Å². The first kappa shape index (κ1) is 19.2. The molecule has 3 aromatic rings. The molecule has 2 aromatic carbocycles. The van der Waals surface area contributed by atoms with Gasteiger partial charge in [-0.1, -0.05) is 16.8 Å². The van der Waals surface area contributed by atoms with Gasteiger partial charge in [0, 0.05) is 11.1 Å². The monoisotopic (exact) mass is 407 g/mol. The van der Waals surface area contributed by atoms with E-state index in [0.717, 1.165) is 6.07 Å². The van der Waals surface area contributed by atoms with Gasteiger partial charge < -0.3 is 14.0 Å². The van der Waals surface area contributed by atoms with Gasteiger partial charge in [0.1, 0.15) is 17.1 Å². The van der Waals surface area contributed by atoms with Crippen LogP contribution in [-0.4, -0.2) is 21.0 Å². The molecule has 11 heteroatoms. The molecule has 0 aliphatic heterocycles. The molecule has 0 fully saturated rings. The second kappa shape index (κ2) is 8.44. The molecule has 0 aliphatic rings. The molecule has 0 radical (unpaired) electrons. The van der Waals surface area contributed by atoms with Gasteiger partial charge in [0.05, 0.1) is 4.92 Å². The molecule has 0 amide bonds. The third-order valence-electron chi connectivity index (χ3n) is 3.39. The summed E-state index contributed by atoms with van der Waals surface area (Å²) < 4.78 is 28.1. The van der Waals surface area contributed by atoms with E-state index in [4.69, 9.17) is 25.6 Å². The number of nitro benzene ring substituents is 1. The van der Waals surface area contributed by atoms with E-state index >= 15 is 0 Å². The molecule has 0 unspecified atom stereocenters. The summed E-state index contributed by atoms with van der Waals surface area (Å²) >= 11 is 5.70. The molecule has 9 nitrogen and oxygen atoms in total. The summed E-state index contributed by atoms with van der Waals surface area (Å²) in [5.74, 6) is -0.771. The number of hydrogen-bond donors (Lipinski definition) is 0. The van der Waals surface area contributed by atoms with E-state index in [0.29, 0.717) is 5.75 Å². The average molecular weight is 408 g/mol. The van der Waals surface area contributed by atoms with Crippen molar-refractivity contribution < 1.29 is 28.1 Å². The molecule has 0 atom stereocenters. The molecule has 0 bridgehead atoms. The maximum absolute atomic E-state index is 12.8. The highest BCUT2D eigenvalue weighted by molar-refractivity contribution is 6.31. The van der Waals surface area contributed by atoms with E-state index in [1.54, 1.807) is 0 Å². The molecule has 28 heavy (non-hydrogen) atoms. The van der Waals surface area contributed by atoms with Gasteiger partial charge in [0.15, 0.2) is 13.2 Å². The van der Waals surface area contributed by atoms with Crippen LogP contribution in [0.5, 0.6) is 5.75 Å². The third kappa shape index (κ3) is 4.80. The Morgan fingerprint density at radius 2 is 1.96 bits per heavy atom. The number of carbonyl (C=O) groups excluding carboxylic acids is 1. The number of ether oxygens (including phenoxy) is 2. The van der Waals surface area contributed by atoms with Crippen molar-refractivity contribution in [3.05, 3.63) is 80.7 Å². The molecule has 0 N–H and O–H groups in total. The summed E-state index contributed by atoms with van der Waals surface area (Å²) in [5.41, 5.74) is -0.731. The zero-order chi connectivity index (χ0) is 20.1. The summed E-state index contributed by atoms with van der Waals surface area (Å²) in [4.78, 5) is 26.3. The van der Waals surface area contributed by atoms with Crippen LogP contribution in [0.3, 0.4) is 0 Å². The number of esters is 1. The summed E-state index contributed by atoms with van der Waals surface area (Å²) in [6, 6.07) is 8.95. The first-order chi connectivity index (χ1) is 13.4. The highest BCUT2D eigenvalue weighted by atomic mass is 35.5. The van der Waals surface area contributed by atoms with Crippen molar-refractivity contribution in [3.8, 4) is 5.75 Å². The van der Waals surface area contributed by atoms with E-state index in [1.165, 1.54) is 36.4 Å². The maximum Gasteiger partial charge on any atom is 0.345 e. The summed E-state index contributed by atoms with van der Waals surface area (Å²) in [5, 5.41) is 14.8. The van der Waals surface area contributed by atoms with Crippen molar-refractivity contribution >= 4 is 23.3 Å². The van der Waals surface area contributed by atoms with Crippen LogP contribution in [0.25, 0.3) is 0 Å². The SMILES string of the molecule is O=C(OCc1nc(COc2ccc(F)cc2)no1)c1ccc(Cl)cc1[N+](=O)[O-]. The van der Waals surface area contributed by atoms with E-state index in [1.807, 2.05) is 0 Å². The van der Waals surface area contributed by atoms with Crippen LogP contribution in [0.2, 0.25) is 5.02 Å². The fourth-order valence-electron chi connectivity index (χ4n) is 2.12. The number of halogens is 2. The molecule has 0 aliphatic carbocycles. The lowest BCUT2D eigenvalue weighted by atomic mass is 10.2. The van der Waals surface area contributed by atoms with Crippen molar-refractivity contribution in [1.29, 1.82) is 0 Å². The van der Waals surface area contributed by atoms with Crippen molar-refractivity contribution in [2.45, 2.75) is 13.2 Å². The van der Waals surface area contributed by atoms with E-state index < -0.39 is 22.4 Å². The lowest BCUT2D eigenvalue weighted by Crippen LogP contribution is -2.08. The minimum Gasteiger partial charge on any atom is -0.485 e. The number of carbonyl (C=O) groups is 1. The molecule has 144 valence electrons. The highest BCUT2D eigenvalue weighted by Gasteiger charge is 2.22. The number of rotatable bonds is 7. The average Bonchev–Trinajstić information content (AvgIpc) is 3.13. The van der Waals surface area contributed by atoms with Crippen LogP contribution in [0, 0.1) is 15.9 Å². The van der Waals surface area contributed by atoms with Gasteiger partial charge >= 0.3 is 5.97 Å². The van der Waals surface area contributed by atoms with Gasteiger partial charge in [-0.25, -0.2) is 9.18 Å². The smallest absolute Gasteiger partial charge is 0.345 e. The number of benzene rings is 2. The Kier molecular flexibility index (Phi) is 5.80. The fraction of sp³-hybridized carbons (Fsp3) is 0.118. The van der Waals surface area contributed by atoms with Crippen LogP contribution >= 0.6 is 11.6 Å². The Labute approximate surface area is 161 Å². The molecular weight excluding hydrogens is 397 g/mol. The predicted octanol–water partition coefficient (Wildman–Crippen LogP) is 3.71. The lowest BCUT2D eigenvalue weighted by Gasteiger charge is -2.03. The number of aromatic nitrogens is 2. The number of nitrogens with zero attached hydrogens (tertiary/aromatic N) is 3. The van der Waals surface area contributed by atoms with Gasteiger partial charge in [-0.15, -0.1) is 0 Å². The Bertz CT molecular complexity index is 1010. The molecule has 1 heterocycles. The fourth-order valence-corrected chi connectivity index (χ4v) is 2.29. The van der Waals surface area contributed by atoms with E-state index in [2.05, 4.69) is 10.1 Å². The van der Waals surface area contributed by atoms with Gasteiger partial charge in [-0.2, -0.15) is 4.98 Å². The minimum atomic E-state index is -0.939. The quantitative estimate of drug-likeness (QED) is 0.330. The summed E-state index contributed by atoms with van der Waals surface area (Å²) in [7, 11) is 0. The van der Waals surface area contributed by atoms with Crippen molar-refractivity contribution in [3.63, 3.8) is 0 Å². The van der Waals surface area contributed by atoms with Crippen LogP contribution < -0.4 is 4.74 Å². The zero-order valence-electron chi connectivity index (χ0n) is 14.0. The van der Waals surface area contributed by atoms with E-state index in [-0.39, 0.29) is 35.5 Å². The van der Waals surface area contributed by atoms with Crippen molar-refractivity contribution in [2.24, 2.45) is 0 Å². The summed E-state index contributed by atoms with van der Waals surface area (Å²) in [6.07, 6.45) is 0. The van der Waals surface area contributed by atoms with Crippen LogP contribution in [-0.2, 0) is 18.0 Å². The zero-order valence-corrected chi connectivity index (χ0v) is 14.8. The lowest BCUT2D eigenvalue weighted by molar-refractivity contribution is -0.385. The van der Waals surface area contributed by atoms with Crippen molar-refractivity contribution in [2.75, 3.05) is 0 Å². The number of nitro groups is 1. The molecule has 3 rings (SSSR count). The first-order valence-electron chi connectivity index (χ1n) is 7.73. The molecule has 0 saturated heterocycles. The Morgan fingerprint density at radius 1 is 1.21 bits per heavy atom. The minimum absolute atomic E-state index is 0.0253. The molecule has 0 spiro atoms. The largest absolute Gasteiger partial charge is 0.485 e. The first-order valence-corrected chi connectivity index (χ1v) is 8.11. The molecule has 1 aromatic heterocycles. The number of hydrogen-bond acceptors (Lipinski definition) is 8. The Morgan fingerprint density at radius 3 is 2.68 bits per heavy atom. The second-order valence-corrected chi connectivity index (χ2v) is 5.78. The van der Waals surface area contributed by atoms with Gasteiger partial charge in [-0.05, 0) is 36.4 Å². The predicted molar refractivity (Wildman–Crippen MR) is 92.3 cm³/mol. The van der Waals surface area contributed by atoms with Crippen LogP contribution in [0.4, 0.5) is 10.1 Å². The van der Waals surface area contributed by atoms with Gasteiger partial charge in [-0.3, -0.25) is 10.1 Å². The van der Waals surface area contributed by atoms with E-state index in [9.17, 15) is 19.3 Å². The summed E-state index contributed by atoms with van der Waals surface area (Å²) in [6.45, 7) is -0.437. The topological polar surface area (TPSA) is 118 Å². The Balaban J connectivity index is 1.57. The standard InChI is InChI=1S/C17H11ClFN3O6/c18-10-1-6-13(14(7-10)22(24)25)17(23)27-9-16-20-15(21-28-16)8-26-12-4-2-11(19)3-5-12/h1-7H,8-9H2.